The molecule has 0 saturated heterocycles. The Hall–Kier alpha value is -2.08. The van der Waals surface area contributed by atoms with E-state index in [-0.39, 0.29) is 18.5 Å². The summed E-state index contributed by atoms with van der Waals surface area (Å²) in [6.45, 7) is 4.09. The Labute approximate surface area is 150 Å². The second-order valence-electron chi connectivity index (χ2n) is 6.27. The van der Waals surface area contributed by atoms with Gasteiger partial charge >= 0.3 is 6.03 Å². The number of unbranched alkanes of at least 4 members (excludes halogenated alkanes) is 3. The zero-order valence-corrected chi connectivity index (χ0v) is 15.2. The molecule has 6 heteroatoms. The van der Waals surface area contributed by atoms with Crippen LogP contribution in [0.15, 0.2) is 30.3 Å². The van der Waals surface area contributed by atoms with Crippen molar-refractivity contribution in [3.05, 3.63) is 35.9 Å². The molecule has 25 heavy (non-hydrogen) atoms. The van der Waals surface area contributed by atoms with Crippen LogP contribution in [-0.4, -0.2) is 37.6 Å². The zero-order valence-electron chi connectivity index (χ0n) is 15.2. The van der Waals surface area contributed by atoms with Gasteiger partial charge in [0.15, 0.2) is 0 Å². The Morgan fingerprint density at radius 3 is 2.52 bits per heavy atom. The summed E-state index contributed by atoms with van der Waals surface area (Å²) in [5, 5.41) is 8.93. The SMILES string of the molecule is CCCCCCNC(=O)N[C@@H](CNCCc1ccccc1)CC(N)=O. The number of hydrogen-bond acceptors (Lipinski definition) is 3. The maximum atomic E-state index is 11.9. The van der Waals surface area contributed by atoms with Crippen LogP contribution in [0, 0.1) is 0 Å². The highest BCUT2D eigenvalue weighted by molar-refractivity contribution is 5.77. The Morgan fingerprint density at radius 1 is 1.08 bits per heavy atom. The van der Waals surface area contributed by atoms with Crippen LogP contribution >= 0.6 is 0 Å². The number of carbonyl (C=O) groups is 2. The van der Waals surface area contributed by atoms with Crippen LogP contribution in [0.3, 0.4) is 0 Å². The van der Waals surface area contributed by atoms with Crippen LogP contribution < -0.4 is 21.7 Å². The topological polar surface area (TPSA) is 96.2 Å². The van der Waals surface area contributed by atoms with Gasteiger partial charge in [0.25, 0.3) is 0 Å². The van der Waals surface area contributed by atoms with Gasteiger partial charge in [-0.1, -0.05) is 56.5 Å². The highest BCUT2D eigenvalue weighted by atomic mass is 16.2. The van der Waals surface area contributed by atoms with Crippen LogP contribution in [0.5, 0.6) is 0 Å². The van der Waals surface area contributed by atoms with Crippen LogP contribution in [0.1, 0.15) is 44.6 Å². The molecule has 0 unspecified atom stereocenters. The highest BCUT2D eigenvalue weighted by Gasteiger charge is 2.14. The molecule has 0 fully saturated rings. The van der Waals surface area contributed by atoms with Crippen molar-refractivity contribution in [1.82, 2.24) is 16.0 Å². The minimum Gasteiger partial charge on any atom is -0.370 e. The molecule has 0 aliphatic heterocycles. The highest BCUT2D eigenvalue weighted by Crippen LogP contribution is 1.99. The third-order valence-electron chi connectivity index (χ3n) is 3.92. The van der Waals surface area contributed by atoms with Crippen molar-refractivity contribution in [2.24, 2.45) is 5.73 Å². The quantitative estimate of drug-likeness (QED) is 0.410. The van der Waals surface area contributed by atoms with Gasteiger partial charge in [0.05, 0.1) is 6.04 Å². The van der Waals surface area contributed by atoms with E-state index < -0.39 is 5.91 Å². The maximum absolute atomic E-state index is 11.9. The zero-order chi connectivity index (χ0) is 18.3. The van der Waals surface area contributed by atoms with Gasteiger partial charge < -0.3 is 21.7 Å². The fraction of sp³-hybridized carbons (Fsp3) is 0.579. The van der Waals surface area contributed by atoms with Gasteiger partial charge in [-0.15, -0.1) is 0 Å². The average molecular weight is 348 g/mol. The van der Waals surface area contributed by atoms with Gasteiger partial charge in [0, 0.05) is 19.5 Å². The van der Waals surface area contributed by atoms with Crippen LogP contribution in [0.2, 0.25) is 0 Å². The van der Waals surface area contributed by atoms with E-state index in [9.17, 15) is 9.59 Å². The van der Waals surface area contributed by atoms with Crippen LogP contribution in [0.25, 0.3) is 0 Å². The molecular weight excluding hydrogens is 316 g/mol. The smallest absolute Gasteiger partial charge is 0.315 e. The lowest BCUT2D eigenvalue weighted by Gasteiger charge is -2.18. The predicted octanol–water partition coefficient (Wildman–Crippen LogP) is 1.94. The lowest BCUT2D eigenvalue weighted by molar-refractivity contribution is -0.118. The number of benzene rings is 1. The number of primary amides is 1. The fourth-order valence-corrected chi connectivity index (χ4v) is 2.56. The molecule has 5 N–H and O–H groups in total. The van der Waals surface area contributed by atoms with Gasteiger partial charge in [0.1, 0.15) is 0 Å². The lowest BCUT2D eigenvalue weighted by atomic mass is 10.1. The van der Waals surface area contributed by atoms with Crippen molar-refractivity contribution >= 4 is 11.9 Å². The molecule has 0 aromatic heterocycles. The Balaban J connectivity index is 2.25. The molecule has 0 saturated carbocycles. The summed E-state index contributed by atoms with van der Waals surface area (Å²) < 4.78 is 0. The van der Waals surface area contributed by atoms with E-state index in [4.69, 9.17) is 5.73 Å². The summed E-state index contributed by atoms with van der Waals surface area (Å²) in [7, 11) is 0. The molecule has 0 heterocycles. The summed E-state index contributed by atoms with van der Waals surface area (Å²) in [5.74, 6) is -0.418. The van der Waals surface area contributed by atoms with Crippen molar-refractivity contribution in [1.29, 1.82) is 0 Å². The average Bonchev–Trinajstić information content (AvgIpc) is 2.59. The number of amides is 3. The van der Waals surface area contributed by atoms with E-state index in [0.717, 1.165) is 25.8 Å². The number of hydrogen-bond donors (Lipinski definition) is 4. The molecule has 0 aliphatic carbocycles. The minimum absolute atomic E-state index is 0.127. The third-order valence-corrected chi connectivity index (χ3v) is 3.92. The minimum atomic E-state index is -0.418. The summed E-state index contributed by atoms with van der Waals surface area (Å²) in [6, 6.07) is 9.62. The maximum Gasteiger partial charge on any atom is 0.315 e. The first-order valence-electron chi connectivity index (χ1n) is 9.19. The second kappa shape index (κ2) is 13.2. The van der Waals surface area contributed by atoms with Crippen LogP contribution in [0.4, 0.5) is 4.79 Å². The van der Waals surface area contributed by atoms with Gasteiger partial charge in [-0.2, -0.15) is 0 Å². The molecule has 0 radical (unpaired) electrons. The van der Waals surface area contributed by atoms with Crippen molar-refractivity contribution in [2.75, 3.05) is 19.6 Å². The van der Waals surface area contributed by atoms with Gasteiger partial charge in [-0.3, -0.25) is 4.79 Å². The molecule has 1 rings (SSSR count). The molecular formula is C19H32N4O2. The van der Waals surface area contributed by atoms with E-state index in [1.54, 1.807) is 0 Å². The van der Waals surface area contributed by atoms with Crippen molar-refractivity contribution in [3.63, 3.8) is 0 Å². The second-order valence-corrected chi connectivity index (χ2v) is 6.27. The molecule has 3 amide bonds. The van der Waals surface area contributed by atoms with E-state index in [1.165, 1.54) is 18.4 Å². The Bertz CT molecular complexity index is 493. The van der Waals surface area contributed by atoms with Crippen LogP contribution in [-0.2, 0) is 11.2 Å². The largest absolute Gasteiger partial charge is 0.370 e. The summed E-state index contributed by atoms with van der Waals surface area (Å²) in [6.07, 6.45) is 5.45. The molecule has 1 aromatic carbocycles. The molecule has 1 aromatic rings. The monoisotopic (exact) mass is 348 g/mol. The predicted molar refractivity (Wildman–Crippen MR) is 101 cm³/mol. The molecule has 1 atom stereocenters. The summed E-state index contributed by atoms with van der Waals surface area (Å²) in [4.78, 5) is 23.1. The Morgan fingerprint density at radius 2 is 1.84 bits per heavy atom. The van der Waals surface area contributed by atoms with E-state index in [1.807, 2.05) is 18.2 Å². The van der Waals surface area contributed by atoms with E-state index in [0.29, 0.717) is 13.1 Å². The first kappa shape index (κ1) is 21.0. The fourth-order valence-electron chi connectivity index (χ4n) is 2.56. The van der Waals surface area contributed by atoms with Gasteiger partial charge in [-0.25, -0.2) is 4.79 Å². The molecule has 0 aliphatic rings. The number of urea groups is 1. The first-order valence-corrected chi connectivity index (χ1v) is 9.19. The van der Waals surface area contributed by atoms with E-state index >= 15 is 0 Å². The Kier molecular flexibility index (Phi) is 11.1. The standard InChI is InChI=1S/C19H32N4O2/c1-2-3-4-8-12-22-19(25)23-17(14-18(20)24)15-21-13-11-16-9-6-5-7-10-16/h5-7,9-10,17,21H,2-4,8,11-15H2,1H3,(H2,20,24)(H2,22,23,25)/t17-/m1/s1. The molecule has 0 spiro atoms. The summed E-state index contributed by atoms with van der Waals surface area (Å²) >= 11 is 0. The summed E-state index contributed by atoms with van der Waals surface area (Å²) in [5.41, 5.74) is 6.53. The number of carbonyl (C=O) groups excluding carboxylic acids is 2. The normalized spacial score (nSPS) is 11.7. The molecule has 0 bridgehead atoms. The first-order chi connectivity index (χ1) is 12.1. The molecule has 6 nitrogen and oxygen atoms in total. The van der Waals surface area contributed by atoms with Gasteiger partial charge in [-0.05, 0) is 24.9 Å². The number of nitrogens with two attached hydrogens (primary N) is 1. The van der Waals surface area contributed by atoms with Crippen molar-refractivity contribution < 1.29 is 9.59 Å². The van der Waals surface area contributed by atoms with Crippen molar-refractivity contribution in [3.8, 4) is 0 Å². The van der Waals surface area contributed by atoms with Crippen molar-refractivity contribution in [2.45, 2.75) is 51.5 Å². The van der Waals surface area contributed by atoms with Gasteiger partial charge in [0.2, 0.25) is 5.91 Å². The lowest BCUT2D eigenvalue weighted by Crippen LogP contribution is -2.48. The number of nitrogens with one attached hydrogen (secondary N) is 3. The third kappa shape index (κ3) is 11.2. The molecule has 140 valence electrons. The number of rotatable bonds is 13. The van der Waals surface area contributed by atoms with E-state index in [2.05, 4.69) is 35.0 Å².